The molecule has 1 N–H and O–H groups in total. The van der Waals surface area contributed by atoms with Gasteiger partial charge >= 0.3 is 0 Å². The number of fused-ring (bicyclic) bond motifs is 1. The Hall–Kier alpha value is -3.76. The monoisotopic (exact) mass is 539 g/mol. The Morgan fingerprint density at radius 2 is 1.92 bits per heavy atom. The van der Waals surface area contributed by atoms with Crippen molar-refractivity contribution in [2.75, 3.05) is 0 Å². The smallest absolute Gasteiger partial charge is 0.278 e. The van der Waals surface area contributed by atoms with Gasteiger partial charge in [-0.05, 0) is 63.8 Å². The molecule has 0 bridgehead atoms. The molecule has 4 heterocycles. The highest BCUT2D eigenvalue weighted by Gasteiger charge is 2.29. The lowest BCUT2D eigenvalue weighted by Gasteiger charge is -2.20. The fourth-order valence-corrected chi connectivity index (χ4v) is 4.70. The number of nitrogens with zero attached hydrogens (tertiary/aromatic N) is 5. The van der Waals surface area contributed by atoms with Crippen LogP contribution in [0, 0.1) is 25.5 Å². The molecule has 5 rings (SSSR count). The van der Waals surface area contributed by atoms with E-state index < -0.39 is 28.9 Å². The molecule has 196 valence electrons. The molecule has 0 radical (unpaired) electrons. The quantitative estimate of drug-likeness (QED) is 0.383. The molecule has 11 heteroatoms. The average molecular weight is 540 g/mol. The second kappa shape index (κ2) is 9.52. The Morgan fingerprint density at radius 3 is 2.66 bits per heavy atom. The molecular weight excluding hydrogens is 516 g/mol. The van der Waals surface area contributed by atoms with Crippen LogP contribution in [0.2, 0.25) is 5.02 Å². The first-order valence-electron chi connectivity index (χ1n) is 11.9. The maximum absolute atomic E-state index is 16.0. The molecule has 38 heavy (non-hydrogen) atoms. The van der Waals surface area contributed by atoms with Crippen molar-refractivity contribution in [3.8, 4) is 22.8 Å². The number of aryl methyl sites for hydroxylation is 3. The Morgan fingerprint density at radius 1 is 1.16 bits per heavy atom. The molecule has 1 aliphatic rings. The number of rotatable bonds is 5. The van der Waals surface area contributed by atoms with E-state index in [1.807, 2.05) is 0 Å². The van der Waals surface area contributed by atoms with Gasteiger partial charge in [0.25, 0.3) is 5.56 Å². The third-order valence-corrected chi connectivity index (χ3v) is 6.71. The molecule has 4 aromatic heterocycles. The molecule has 8 nitrogen and oxygen atoms in total. The van der Waals surface area contributed by atoms with Crippen molar-refractivity contribution >= 4 is 11.6 Å². The molecule has 1 atom stereocenters. The van der Waals surface area contributed by atoms with Gasteiger partial charge < -0.3 is 9.84 Å². The van der Waals surface area contributed by atoms with Crippen molar-refractivity contribution in [1.82, 2.24) is 24.5 Å². The zero-order chi connectivity index (χ0) is 27.4. The van der Waals surface area contributed by atoms with Gasteiger partial charge in [-0.1, -0.05) is 11.6 Å². The van der Waals surface area contributed by atoms with E-state index in [2.05, 4.69) is 19.9 Å². The highest BCUT2D eigenvalue weighted by molar-refractivity contribution is 6.31. The fraction of sp³-hybridized carbons (Fsp3) is 0.296. The second-order valence-corrected chi connectivity index (χ2v) is 10.1. The van der Waals surface area contributed by atoms with Crippen LogP contribution in [0.1, 0.15) is 54.7 Å². The van der Waals surface area contributed by atoms with E-state index in [1.165, 1.54) is 42.9 Å². The minimum Gasteiger partial charge on any atom is -0.482 e. The van der Waals surface area contributed by atoms with Crippen molar-refractivity contribution in [3.63, 3.8) is 0 Å². The average Bonchev–Trinajstić information content (AvgIpc) is 3.25. The van der Waals surface area contributed by atoms with E-state index in [-0.39, 0.29) is 33.7 Å². The summed E-state index contributed by atoms with van der Waals surface area (Å²) >= 11 is 6.46. The zero-order valence-electron chi connectivity index (χ0n) is 21.1. The predicted octanol–water partition coefficient (Wildman–Crippen LogP) is 4.93. The fourth-order valence-electron chi connectivity index (χ4n) is 4.52. The predicted molar refractivity (Wildman–Crippen MR) is 136 cm³/mol. The van der Waals surface area contributed by atoms with Crippen LogP contribution in [0.4, 0.5) is 8.78 Å². The number of hydrogen-bond donors (Lipinski definition) is 1. The highest BCUT2D eigenvalue weighted by atomic mass is 35.5. The van der Waals surface area contributed by atoms with Gasteiger partial charge in [0.1, 0.15) is 34.0 Å². The van der Waals surface area contributed by atoms with Crippen molar-refractivity contribution in [3.05, 3.63) is 92.1 Å². The number of hydrogen-bond acceptors (Lipinski definition) is 7. The Balaban J connectivity index is 1.57. The Bertz CT molecular complexity index is 1630. The Labute approximate surface area is 222 Å². The van der Waals surface area contributed by atoms with Crippen molar-refractivity contribution in [2.45, 2.75) is 52.2 Å². The molecule has 0 spiro atoms. The van der Waals surface area contributed by atoms with E-state index >= 15 is 4.39 Å². The summed E-state index contributed by atoms with van der Waals surface area (Å²) in [6, 6.07) is 4.45. The molecule has 4 aromatic rings. The van der Waals surface area contributed by atoms with Gasteiger partial charge in [-0.2, -0.15) is 0 Å². The zero-order valence-corrected chi connectivity index (χ0v) is 21.8. The van der Waals surface area contributed by atoms with Crippen molar-refractivity contribution in [2.24, 2.45) is 0 Å². The van der Waals surface area contributed by atoms with E-state index in [4.69, 9.17) is 16.3 Å². The summed E-state index contributed by atoms with van der Waals surface area (Å²) in [5.41, 5.74) is 0.103. The summed E-state index contributed by atoms with van der Waals surface area (Å²) in [4.78, 5) is 30.1. The van der Waals surface area contributed by atoms with E-state index in [1.54, 1.807) is 19.9 Å². The van der Waals surface area contributed by atoms with Crippen molar-refractivity contribution in [1.29, 1.82) is 0 Å². The van der Waals surface area contributed by atoms with Crippen LogP contribution in [0.15, 0.2) is 41.6 Å². The molecule has 0 fully saturated rings. The lowest BCUT2D eigenvalue weighted by Crippen LogP contribution is -2.24. The van der Waals surface area contributed by atoms with Crippen LogP contribution < -0.4 is 10.3 Å². The van der Waals surface area contributed by atoms with Crippen LogP contribution in [-0.4, -0.2) is 29.6 Å². The van der Waals surface area contributed by atoms with Crippen LogP contribution in [-0.2, 0) is 12.0 Å². The minimum absolute atomic E-state index is 0.0299. The first-order chi connectivity index (χ1) is 18.0. The number of aliphatic hydroxyl groups is 1. The number of aromatic nitrogens is 5. The molecule has 1 unspecified atom stereocenters. The second-order valence-electron chi connectivity index (χ2n) is 9.72. The maximum atomic E-state index is 16.0. The van der Waals surface area contributed by atoms with Crippen LogP contribution in [0.3, 0.4) is 0 Å². The summed E-state index contributed by atoms with van der Waals surface area (Å²) in [5.74, 6) is -0.973. The number of halogens is 3. The minimum atomic E-state index is -1.35. The van der Waals surface area contributed by atoms with Gasteiger partial charge in [0.05, 0.1) is 23.3 Å². The molecule has 1 aliphatic carbocycles. The SMILES string of the molecule is Cc1cnc(-c2ccnc(C(C)(C)O)n2)c(F)c1-n1c(C)cc(OC2CCc3cc(F)cnc32)c(Cl)c1=O. The summed E-state index contributed by atoms with van der Waals surface area (Å²) in [7, 11) is 0. The first kappa shape index (κ1) is 25.9. The summed E-state index contributed by atoms with van der Waals surface area (Å²) < 4.78 is 36.7. The van der Waals surface area contributed by atoms with Gasteiger partial charge in [-0.25, -0.2) is 18.7 Å². The van der Waals surface area contributed by atoms with Crippen LogP contribution in [0.25, 0.3) is 17.1 Å². The van der Waals surface area contributed by atoms with Gasteiger partial charge in [0.15, 0.2) is 11.6 Å². The largest absolute Gasteiger partial charge is 0.482 e. The molecule has 0 aliphatic heterocycles. The van der Waals surface area contributed by atoms with Gasteiger partial charge in [-0.15, -0.1) is 0 Å². The molecule has 0 saturated carbocycles. The van der Waals surface area contributed by atoms with Gasteiger partial charge in [0, 0.05) is 24.2 Å². The standard InChI is InChI=1S/C27H24ClF2N5O3/c1-13-11-32-23(17-7-8-31-26(34-17)27(3,4)37)21(30)24(13)35-14(2)9-19(20(28)25(35)36)38-18-6-5-15-10-16(29)12-33-22(15)18/h7-12,18,37H,5-6H2,1-4H3. The van der Waals surface area contributed by atoms with Gasteiger partial charge in [-0.3, -0.25) is 19.3 Å². The van der Waals surface area contributed by atoms with Crippen molar-refractivity contribution < 1.29 is 18.6 Å². The topological polar surface area (TPSA) is 103 Å². The molecule has 0 amide bonds. The summed E-state index contributed by atoms with van der Waals surface area (Å²) in [5, 5.41) is 10.0. The number of pyridine rings is 3. The maximum Gasteiger partial charge on any atom is 0.278 e. The first-order valence-corrected chi connectivity index (χ1v) is 12.3. The number of ether oxygens (including phenoxy) is 1. The summed E-state index contributed by atoms with van der Waals surface area (Å²) in [6.07, 6.45) is 4.61. The molecular formula is C27H24ClF2N5O3. The molecule has 0 saturated heterocycles. The lowest BCUT2D eigenvalue weighted by molar-refractivity contribution is 0.0688. The van der Waals surface area contributed by atoms with Gasteiger partial charge in [0.2, 0.25) is 0 Å². The normalized spacial score (nSPS) is 15.0. The van der Waals surface area contributed by atoms with Crippen LogP contribution in [0.5, 0.6) is 5.75 Å². The summed E-state index contributed by atoms with van der Waals surface area (Å²) in [6.45, 7) is 6.30. The lowest BCUT2D eigenvalue weighted by atomic mass is 10.1. The third kappa shape index (κ3) is 4.54. The van der Waals surface area contributed by atoms with E-state index in [0.29, 0.717) is 29.8 Å². The Kier molecular flexibility index (Phi) is 6.48. The third-order valence-electron chi connectivity index (χ3n) is 6.36. The van der Waals surface area contributed by atoms with E-state index in [9.17, 15) is 14.3 Å². The highest BCUT2D eigenvalue weighted by Crippen LogP contribution is 2.36. The van der Waals surface area contributed by atoms with Crippen LogP contribution >= 0.6 is 11.6 Å². The molecule has 0 aromatic carbocycles. The van der Waals surface area contributed by atoms with E-state index in [0.717, 1.165) is 11.8 Å².